The zero-order chi connectivity index (χ0) is 17.1. The molecule has 4 aromatic rings. The first-order valence-corrected chi connectivity index (χ1v) is 8.30. The van der Waals surface area contributed by atoms with Crippen LogP contribution in [-0.2, 0) is 5.41 Å². The number of nitrogens with zero attached hydrogens (tertiary/aromatic N) is 4. The van der Waals surface area contributed by atoms with E-state index in [1.165, 1.54) is 5.56 Å². The van der Waals surface area contributed by atoms with Gasteiger partial charge in [0.15, 0.2) is 5.82 Å². The van der Waals surface area contributed by atoms with Crippen LogP contribution >= 0.6 is 0 Å². The van der Waals surface area contributed by atoms with Crippen molar-refractivity contribution in [2.24, 2.45) is 0 Å². The molecule has 122 valence electrons. The van der Waals surface area contributed by atoms with Crippen molar-refractivity contribution >= 4 is 16.6 Å². The molecule has 0 bridgehead atoms. The topological polar surface area (TPSA) is 35.1 Å². The molecule has 0 aliphatic rings. The lowest BCUT2D eigenvalue weighted by Crippen LogP contribution is -2.17. The van der Waals surface area contributed by atoms with Crippen LogP contribution in [0.4, 0.5) is 0 Å². The minimum absolute atomic E-state index is 0.0747. The fraction of sp³-hybridized carbons (Fsp3) is 0.300. The largest absolute Gasteiger partial charge is 0.282 e. The summed E-state index contributed by atoms with van der Waals surface area (Å²) in [6, 6.07) is 12.5. The summed E-state index contributed by atoms with van der Waals surface area (Å²) in [4.78, 5) is 4.94. The van der Waals surface area contributed by atoms with E-state index in [-0.39, 0.29) is 5.41 Å². The first-order valence-electron chi connectivity index (χ1n) is 8.30. The molecule has 4 nitrogen and oxygen atoms in total. The molecule has 4 heteroatoms. The third kappa shape index (κ3) is 2.06. The molecule has 0 N–H and O–H groups in total. The summed E-state index contributed by atoms with van der Waals surface area (Å²) in [6.45, 7) is 10.8. The molecule has 0 amide bonds. The number of fused-ring (bicyclic) bond motifs is 2. The van der Waals surface area contributed by atoms with Gasteiger partial charge >= 0.3 is 0 Å². The van der Waals surface area contributed by atoms with E-state index < -0.39 is 0 Å². The van der Waals surface area contributed by atoms with Gasteiger partial charge in [-0.05, 0) is 31.5 Å². The number of para-hydroxylation sites is 1. The number of benzene rings is 1. The van der Waals surface area contributed by atoms with Gasteiger partial charge in [0.25, 0.3) is 0 Å². The third-order valence-electron chi connectivity index (χ3n) is 4.52. The maximum Gasteiger partial charge on any atom is 0.163 e. The standard InChI is InChI=1S/C20H22N4/c1-13-8-6-10-15-12-21-24(17(13)15)19-18(20(3,4)5)22-16-11-7-9-14(2)23(16)19/h6-12H,1-5H3. The molecule has 4 rings (SSSR count). The van der Waals surface area contributed by atoms with Crippen molar-refractivity contribution in [3.8, 4) is 5.82 Å². The zero-order valence-corrected chi connectivity index (χ0v) is 14.8. The van der Waals surface area contributed by atoms with Crippen molar-refractivity contribution in [2.75, 3.05) is 0 Å². The van der Waals surface area contributed by atoms with E-state index in [1.54, 1.807) is 0 Å². The molecule has 3 heterocycles. The van der Waals surface area contributed by atoms with Crippen LogP contribution in [0.1, 0.15) is 37.7 Å². The maximum atomic E-state index is 4.94. The van der Waals surface area contributed by atoms with Gasteiger partial charge in [0.05, 0.1) is 17.4 Å². The molecule has 0 unspecified atom stereocenters. The highest BCUT2D eigenvalue weighted by atomic mass is 15.3. The van der Waals surface area contributed by atoms with Crippen LogP contribution in [-0.4, -0.2) is 19.2 Å². The summed E-state index contributed by atoms with van der Waals surface area (Å²) in [5, 5.41) is 5.87. The second-order valence-corrected chi connectivity index (χ2v) is 7.46. The molecular formula is C20H22N4. The van der Waals surface area contributed by atoms with Crippen LogP contribution in [0.3, 0.4) is 0 Å². The predicted molar refractivity (Wildman–Crippen MR) is 98.0 cm³/mol. The Balaban J connectivity index is 2.19. The summed E-state index contributed by atoms with van der Waals surface area (Å²) in [5.41, 5.74) is 5.47. The van der Waals surface area contributed by atoms with Crippen LogP contribution in [0.15, 0.2) is 42.6 Å². The van der Waals surface area contributed by atoms with Gasteiger partial charge < -0.3 is 0 Å². The van der Waals surface area contributed by atoms with Crippen molar-refractivity contribution in [3.63, 3.8) is 0 Å². The minimum atomic E-state index is -0.0747. The van der Waals surface area contributed by atoms with Gasteiger partial charge in [0, 0.05) is 16.5 Å². The van der Waals surface area contributed by atoms with Gasteiger partial charge in [0.2, 0.25) is 0 Å². The van der Waals surface area contributed by atoms with Crippen LogP contribution in [0, 0.1) is 13.8 Å². The van der Waals surface area contributed by atoms with Crippen LogP contribution in [0.25, 0.3) is 22.4 Å². The van der Waals surface area contributed by atoms with E-state index in [0.717, 1.165) is 33.8 Å². The smallest absolute Gasteiger partial charge is 0.163 e. The number of imidazole rings is 1. The highest BCUT2D eigenvalue weighted by Gasteiger charge is 2.27. The molecule has 0 radical (unpaired) electrons. The second-order valence-electron chi connectivity index (χ2n) is 7.46. The number of pyridine rings is 1. The highest BCUT2D eigenvalue weighted by Crippen LogP contribution is 2.32. The molecule has 0 spiro atoms. The maximum absolute atomic E-state index is 4.94. The predicted octanol–water partition coefficient (Wildman–Crippen LogP) is 4.59. The molecule has 0 atom stereocenters. The fourth-order valence-corrected chi connectivity index (χ4v) is 3.35. The average molecular weight is 318 g/mol. The van der Waals surface area contributed by atoms with E-state index in [2.05, 4.69) is 80.1 Å². The van der Waals surface area contributed by atoms with E-state index in [0.29, 0.717) is 0 Å². The van der Waals surface area contributed by atoms with Gasteiger partial charge in [-0.25, -0.2) is 9.67 Å². The summed E-state index contributed by atoms with van der Waals surface area (Å²) in [5.74, 6) is 1.04. The van der Waals surface area contributed by atoms with Crippen molar-refractivity contribution in [2.45, 2.75) is 40.0 Å². The summed E-state index contributed by atoms with van der Waals surface area (Å²) >= 11 is 0. The first kappa shape index (κ1) is 14.9. The normalized spacial score (nSPS) is 12.4. The lowest BCUT2D eigenvalue weighted by Gasteiger charge is -2.19. The molecule has 0 aliphatic carbocycles. The Bertz CT molecular complexity index is 1060. The molecule has 3 aromatic heterocycles. The average Bonchev–Trinajstić information content (AvgIpc) is 3.09. The Labute approximate surface area is 141 Å². The Kier molecular flexibility index (Phi) is 3.07. The number of aryl methyl sites for hydroxylation is 2. The molecule has 0 saturated carbocycles. The van der Waals surface area contributed by atoms with Gasteiger partial charge in [-0.2, -0.15) is 5.10 Å². The quantitative estimate of drug-likeness (QED) is 0.514. The van der Waals surface area contributed by atoms with E-state index in [4.69, 9.17) is 10.1 Å². The van der Waals surface area contributed by atoms with Gasteiger partial charge in [-0.1, -0.05) is 45.0 Å². The first-order chi connectivity index (χ1) is 11.4. The molecule has 0 aliphatic heterocycles. The van der Waals surface area contributed by atoms with Gasteiger partial charge in [-0.3, -0.25) is 4.40 Å². The van der Waals surface area contributed by atoms with Crippen molar-refractivity contribution in [1.82, 2.24) is 19.2 Å². The summed E-state index contributed by atoms with van der Waals surface area (Å²) in [6.07, 6.45) is 1.94. The second kappa shape index (κ2) is 4.94. The highest BCUT2D eigenvalue weighted by molar-refractivity contribution is 5.83. The van der Waals surface area contributed by atoms with E-state index in [9.17, 15) is 0 Å². The molecular weight excluding hydrogens is 296 g/mol. The summed E-state index contributed by atoms with van der Waals surface area (Å²) < 4.78 is 4.26. The zero-order valence-electron chi connectivity index (χ0n) is 14.8. The number of aromatic nitrogens is 4. The molecule has 1 aromatic carbocycles. The number of hydrogen-bond acceptors (Lipinski definition) is 2. The lowest BCUT2D eigenvalue weighted by atomic mass is 9.92. The SMILES string of the molecule is Cc1cccc2cnn(-c3c(C(C)(C)C)nc4cccc(C)n34)c12. The lowest BCUT2D eigenvalue weighted by molar-refractivity contribution is 0.566. The fourth-order valence-electron chi connectivity index (χ4n) is 3.35. The van der Waals surface area contributed by atoms with Gasteiger partial charge in [-0.15, -0.1) is 0 Å². The third-order valence-corrected chi connectivity index (χ3v) is 4.52. The Morgan fingerprint density at radius 2 is 1.71 bits per heavy atom. The Morgan fingerprint density at radius 1 is 0.958 bits per heavy atom. The van der Waals surface area contributed by atoms with Crippen molar-refractivity contribution < 1.29 is 0 Å². The van der Waals surface area contributed by atoms with Crippen molar-refractivity contribution in [1.29, 1.82) is 0 Å². The van der Waals surface area contributed by atoms with Crippen LogP contribution in [0.5, 0.6) is 0 Å². The van der Waals surface area contributed by atoms with E-state index >= 15 is 0 Å². The van der Waals surface area contributed by atoms with E-state index in [1.807, 2.05) is 6.20 Å². The molecule has 0 fully saturated rings. The Hall–Kier alpha value is -2.62. The summed E-state index contributed by atoms with van der Waals surface area (Å²) in [7, 11) is 0. The number of hydrogen-bond donors (Lipinski definition) is 0. The monoisotopic (exact) mass is 318 g/mol. The van der Waals surface area contributed by atoms with Crippen molar-refractivity contribution in [3.05, 3.63) is 59.5 Å². The van der Waals surface area contributed by atoms with Crippen LogP contribution in [0.2, 0.25) is 0 Å². The molecule has 24 heavy (non-hydrogen) atoms. The Morgan fingerprint density at radius 3 is 2.46 bits per heavy atom. The number of rotatable bonds is 1. The van der Waals surface area contributed by atoms with Crippen LogP contribution < -0.4 is 0 Å². The molecule has 0 saturated heterocycles. The van der Waals surface area contributed by atoms with Gasteiger partial charge in [0.1, 0.15) is 5.65 Å². The minimum Gasteiger partial charge on any atom is -0.282 e.